The van der Waals surface area contributed by atoms with Gasteiger partial charge in [-0.15, -0.1) is 0 Å². The number of hydrogen-bond acceptors (Lipinski definition) is 10. The summed E-state index contributed by atoms with van der Waals surface area (Å²) >= 11 is 0. The van der Waals surface area contributed by atoms with Gasteiger partial charge in [0.25, 0.3) is 0 Å². The third-order valence-corrected chi connectivity index (χ3v) is 3.39. The minimum Gasteiger partial charge on any atom is -0.463 e. The average molecular weight is 387 g/mol. The molecule has 13 nitrogen and oxygen atoms in total. The number of amides is 1. The van der Waals surface area contributed by atoms with Crippen LogP contribution in [0.4, 0.5) is 0 Å². The topological polar surface area (TPSA) is 192 Å². The van der Waals surface area contributed by atoms with Crippen molar-refractivity contribution in [3.63, 3.8) is 0 Å². The van der Waals surface area contributed by atoms with E-state index in [9.17, 15) is 19.2 Å². The maximum absolute atomic E-state index is 11.9. The fraction of sp³-hybridized carbons (Fsp3) is 0.714. The largest absolute Gasteiger partial charge is 0.463 e. The quantitative estimate of drug-likeness (QED) is 0.179. The Morgan fingerprint density at radius 3 is 2.22 bits per heavy atom. The first-order chi connectivity index (χ1) is 12.6. The molecule has 0 aliphatic carbocycles. The maximum atomic E-state index is 11.9. The Balaban J connectivity index is 3.12. The van der Waals surface area contributed by atoms with E-state index in [1.165, 1.54) is 6.92 Å². The van der Waals surface area contributed by atoms with Crippen LogP contribution in [0.25, 0.3) is 10.4 Å². The summed E-state index contributed by atoms with van der Waals surface area (Å²) in [6.07, 6.45) is -4.68. The highest BCUT2D eigenvalue weighted by molar-refractivity contribution is 5.78. The second-order valence-corrected chi connectivity index (χ2v) is 5.57. The van der Waals surface area contributed by atoms with Gasteiger partial charge in [-0.05, 0) is 5.53 Å². The average Bonchev–Trinajstić information content (AvgIpc) is 2.56. The molecule has 1 fully saturated rings. The van der Waals surface area contributed by atoms with Crippen molar-refractivity contribution in [2.45, 2.75) is 51.4 Å². The molecule has 0 aromatic rings. The van der Waals surface area contributed by atoms with Gasteiger partial charge in [-0.1, -0.05) is 5.11 Å². The van der Waals surface area contributed by atoms with E-state index in [2.05, 4.69) is 15.3 Å². The van der Waals surface area contributed by atoms with Crippen LogP contribution >= 0.6 is 0 Å². The number of azide groups is 1. The monoisotopic (exact) mass is 387 g/mol. The highest BCUT2D eigenvalue weighted by Crippen LogP contribution is 2.25. The Kier molecular flexibility index (Phi) is 8.45. The van der Waals surface area contributed by atoms with Crippen LogP contribution in [0.1, 0.15) is 20.8 Å². The third kappa shape index (κ3) is 7.09. The summed E-state index contributed by atoms with van der Waals surface area (Å²) < 4.78 is 20.7. The van der Waals surface area contributed by atoms with E-state index in [1.54, 1.807) is 0 Å². The van der Waals surface area contributed by atoms with Crippen molar-refractivity contribution in [1.29, 1.82) is 0 Å². The van der Waals surface area contributed by atoms with Gasteiger partial charge < -0.3 is 30.0 Å². The zero-order valence-electron chi connectivity index (χ0n) is 15.0. The smallest absolute Gasteiger partial charge is 0.303 e. The fourth-order valence-electron chi connectivity index (χ4n) is 2.46. The molecule has 0 radical (unpaired) electrons. The van der Waals surface area contributed by atoms with Crippen molar-refractivity contribution in [1.82, 2.24) is 5.32 Å². The van der Waals surface area contributed by atoms with Gasteiger partial charge in [0, 0.05) is 25.7 Å². The van der Waals surface area contributed by atoms with Crippen molar-refractivity contribution in [3.05, 3.63) is 10.4 Å². The van der Waals surface area contributed by atoms with Crippen LogP contribution < -0.4 is 11.1 Å². The molecule has 3 N–H and O–H groups in total. The van der Waals surface area contributed by atoms with Crippen LogP contribution in [-0.2, 0) is 38.1 Å². The van der Waals surface area contributed by atoms with E-state index in [1.807, 2.05) is 0 Å². The number of hydrogen-bond donors (Lipinski definition) is 2. The van der Waals surface area contributed by atoms with Crippen molar-refractivity contribution >= 4 is 23.8 Å². The van der Waals surface area contributed by atoms with Gasteiger partial charge in [0.1, 0.15) is 31.5 Å². The lowest BCUT2D eigenvalue weighted by Crippen LogP contribution is -2.68. The summed E-state index contributed by atoms with van der Waals surface area (Å²) in [7, 11) is 0. The number of ether oxygens (including phenoxy) is 4. The molecule has 1 aliphatic rings. The highest BCUT2D eigenvalue weighted by atomic mass is 16.6. The Bertz CT molecular complexity index is 635. The first-order valence-electron chi connectivity index (χ1n) is 7.84. The molecule has 1 heterocycles. The number of carbonyl (C=O) groups excluding carboxylic acids is 4. The van der Waals surface area contributed by atoms with Gasteiger partial charge in [-0.25, -0.2) is 0 Å². The van der Waals surface area contributed by atoms with Gasteiger partial charge in [-0.3, -0.25) is 19.2 Å². The summed E-state index contributed by atoms with van der Waals surface area (Å²) in [5.41, 5.74) is 14.2. The van der Waals surface area contributed by atoms with E-state index >= 15 is 0 Å². The van der Waals surface area contributed by atoms with Crippen LogP contribution in [0, 0.1) is 0 Å². The molecular formula is C14H21N5O8. The Hall–Kier alpha value is -2.89. The summed E-state index contributed by atoms with van der Waals surface area (Å²) in [4.78, 5) is 48.4. The summed E-state index contributed by atoms with van der Waals surface area (Å²) in [6, 6.07) is -1.12. The fourth-order valence-corrected chi connectivity index (χ4v) is 2.46. The molecule has 1 rings (SSSR count). The van der Waals surface area contributed by atoms with Crippen molar-refractivity contribution in [2.24, 2.45) is 10.8 Å². The molecule has 0 saturated carbocycles. The molecule has 150 valence electrons. The summed E-state index contributed by atoms with van der Waals surface area (Å²) in [5.74, 6) is -2.77. The maximum Gasteiger partial charge on any atom is 0.303 e. The van der Waals surface area contributed by atoms with E-state index in [4.69, 9.17) is 30.2 Å². The van der Waals surface area contributed by atoms with Crippen molar-refractivity contribution in [3.8, 4) is 0 Å². The Labute approximate surface area is 154 Å². The SMILES string of the molecule is CC(=O)OC[C@H]1OC(N)[C@@H](NC(=O)CN=[N+]=[N-])[C@@H](OC(C)=O)[C@@H]1OC(C)=O. The highest BCUT2D eigenvalue weighted by Gasteiger charge is 2.49. The lowest BCUT2D eigenvalue weighted by atomic mass is 9.95. The van der Waals surface area contributed by atoms with Crippen LogP contribution in [0.2, 0.25) is 0 Å². The second-order valence-electron chi connectivity index (χ2n) is 5.57. The first-order valence-corrected chi connectivity index (χ1v) is 7.84. The molecule has 13 heteroatoms. The van der Waals surface area contributed by atoms with Gasteiger partial charge >= 0.3 is 17.9 Å². The number of rotatable bonds is 7. The lowest BCUT2D eigenvalue weighted by molar-refractivity contribution is -0.222. The second kappa shape index (κ2) is 10.3. The van der Waals surface area contributed by atoms with Gasteiger partial charge in [0.15, 0.2) is 12.2 Å². The normalized spacial score (nSPS) is 26.9. The predicted octanol–water partition coefficient (Wildman–Crippen LogP) is -1.11. The molecule has 1 saturated heterocycles. The van der Waals surface area contributed by atoms with Crippen LogP contribution in [0.5, 0.6) is 0 Å². The Morgan fingerprint density at radius 2 is 1.70 bits per heavy atom. The molecule has 0 spiro atoms. The molecule has 27 heavy (non-hydrogen) atoms. The third-order valence-electron chi connectivity index (χ3n) is 3.39. The van der Waals surface area contributed by atoms with Crippen LogP contribution in [0.15, 0.2) is 5.11 Å². The lowest BCUT2D eigenvalue weighted by Gasteiger charge is -2.44. The van der Waals surface area contributed by atoms with E-state index in [-0.39, 0.29) is 6.61 Å². The van der Waals surface area contributed by atoms with Gasteiger partial charge in [0.2, 0.25) is 5.91 Å². The number of carbonyl (C=O) groups is 4. The first kappa shape index (κ1) is 22.2. The summed E-state index contributed by atoms with van der Waals surface area (Å²) in [6.45, 7) is 2.56. The van der Waals surface area contributed by atoms with Crippen molar-refractivity contribution < 1.29 is 38.1 Å². The van der Waals surface area contributed by atoms with Crippen LogP contribution in [-0.4, -0.2) is 67.5 Å². The predicted molar refractivity (Wildman–Crippen MR) is 86.5 cm³/mol. The molecule has 5 atom stereocenters. The number of nitrogens with two attached hydrogens (primary N) is 1. The van der Waals surface area contributed by atoms with Crippen molar-refractivity contribution in [2.75, 3.05) is 13.2 Å². The minimum absolute atomic E-state index is 0.321. The molecule has 0 aromatic carbocycles. The van der Waals surface area contributed by atoms with E-state index in [0.29, 0.717) is 0 Å². The zero-order valence-corrected chi connectivity index (χ0v) is 15.0. The minimum atomic E-state index is -1.23. The van der Waals surface area contributed by atoms with E-state index < -0.39 is 60.9 Å². The number of esters is 3. The van der Waals surface area contributed by atoms with Gasteiger partial charge in [-0.2, -0.15) is 0 Å². The molecule has 0 bridgehead atoms. The number of nitrogens with one attached hydrogen (secondary N) is 1. The zero-order chi connectivity index (χ0) is 20.6. The molecule has 1 amide bonds. The number of nitrogens with zero attached hydrogens (tertiary/aromatic N) is 3. The van der Waals surface area contributed by atoms with Gasteiger partial charge in [0.05, 0.1) is 0 Å². The molecule has 0 aromatic heterocycles. The molecule has 1 aliphatic heterocycles. The standard InChI is InChI=1S/C14H21N5O8/c1-6(20)24-5-9-12(25-7(2)21)13(26-8(3)22)11(14(15)27-9)18-10(23)4-17-19-16/h9,11-14H,4-5,15H2,1-3H3,(H,18,23)/t9-,11+,12-,13-,14?/m1/s1. The molecular weight excluding hydrogens is 366 g/mol. The van der Waals surface area contributed by atoms with Crippen LogP contribution in [0.3, 0.4) is 0 Å². The molecule has 1 unspecified atom stereocenters. The Morgan fingerprint density at radius 1 is 1.11 bits per heavy atom. The summed E-state index contributed by atoms with van der Waals surface area (Å²) in [5, 5.41) is 5.53. The van der Waals surface area contributed by atoms with E-state index in [0.717, 1.165) is 13.8 Å².